The summed E-state index contributed by atoms with van der Waals surface area (Å²) >= 11 is 0. The van der Waals surface area contributed by atoms with Crippen LogP contribution >= 0.6 is 0 Å². The fraction of sp³-hybridized carbons (Fsp3) is 0.333. The molecule has 1 fully saturated rings. The molecule has 1 aromatic heterocycles. The van der Waals surface area contributed by atoms with Crippen molar-refractivity contribution >= 4 is 0 Å². The molecule has 0 bridgehead atoms. The zero-order valence-corrected chi connectivity index (χ0v) is 10.4. The molecule has 1 N–H and O–H groups in total. The van der Waals surface area contributed by atoms with Crippen LogP contribution in [0.5, 0.6) is 0 Å². The monoisotopic (exact) mass is 245 g/mol. The molecular formula is C15H16FNO. The van der Waals surface area contributed by atoms with E-state index >= 15 is 0 Å². The van der Waals surface area contributed by atoms with Gasteiger partial charge in [-0.3, -0.25) is 0 Å². The highest BCUT2D eigenvalue weighted by atomic mass is 19.1. The molecule has 1 aromatic carbocycles. The number of furan rings is 1. The van der Waals surface area contributed by atoms with Crippen LogP contribution in [0.25, 0.3) is 11.3 Å². The molecule has 1 heterocycles. The lowest BCUT2D eigenvalue weighted by Gasteiger charge is -2.08. The Hall–Kier alpha value is -1.61. The number of benzene rings is 1. The van der Waals surface area contributed by atoms with Crippen molar-refractivity contribution in [3.8, 4) is 11.3 Å². The van der Waals surface area contributed by atoms with Crippen LogP contribution in [-0.4, -0.2) is 5.54 Å². The molecule has 94 valence electrons. The molecule has 18 heavy (non-hydrogen) atoms. The summed E-state index contributed by atoms with van der Waals surface area (Å²) in [4.78, 5) is 0. The molecule has 0 spiro atoms. The standard InChI is InChI=1S/C15H16FNO/c1-15(8-9-15)17-10-13-6-7-14(18-13)11-2-4-12(16)5-3-11/h2-7,17H,8-10H2,1H3. The second-order valence-electron chi connectivity index (χ2n) is 5.19. The molecule has 1 aliphatic rings. The zero-order valence-electron chi connectivity index (χ0n) is 10.4. The Balaban J connectivity index is 1.70. The summed E-state index contributed by atoms with van der Waals surface area (Å²) in [6.45, 7) is 2.97. The molecule has 2 aromatic rings. The fourth-order valence-electron chi connectivity index (χ4n) is 1.91. The van der Waals surface area contributed by atoms with Crippen LogP contribution in [0, 0.1) is 5.82 Å². The van der Waals surface area contributed by atoms with Gasteiger partial charge in [0.1, 0.15) is 17.3 Å². The van der Waals surface area contributed by atoms with Gasteiger partial charge in [-0.05, 0) is 56.2 Å². The van der Waals surface area contributed by atoms with Crippen molar-refractivity contribution in [2.24, 2.45) is 0 Å². The molecule has 3 heteroatoms. The SMILES string of the molecule is CC1(NCc2ccc(-c3ccc(F)cc3)o2)CC1. The highest BCUT2D eigenvalue weighted by Crippen LogP contribution is 2.34. The molecule has 0 saturated heterocycles. The van der Waals surface area contributed by atoms with Gasteiger partial charge in [0.05, 0.1) is 6.54 Å². The predicted molar refractivity (Wildman–Crippen MR) is 68.6 cm³/mol. The highest BCUT2D eigenvalue weighted by molar-refractivity contribution is 5.57. The van der Waals surface area contributed by atoms with E-state index in [1.54, 1.807) is 12.1 Å². The Bertz CT molecular complexity index is 540. The highest BCUT2D eigenvalue weighted by Gasteiger charge is 2.36. The van der Waals surface area contributed by atoms with Crippen LogP contribution in [-0.2, 0) is 6.54 Å². The van der Waals surface area contributed by atoms with Gasteiger partial charge >= 0.3 is 0 Å². The first-order valence-electron chi connectivity index (χ1n) is 6.24. The second-order valence-corrected chi connectivity index (χ2v) is 5.19. The summed E-state index contributed by atoms with van der Waals surface area (Å²) in [5, 5.41) is 3.47. The van der Waals surface area contributed by atoms with E-state index in [-0.39, 0.29) is 5.82 Å². The van der Waals surface area contributed by atoms with Gasteiger partial charge in [0.25, 0.3) is 0 Å². The maximum atomic E-state index is 12.8. The molecule has 2 nitrogen and oxygen atoms in total. The lowest BCUT2D eigenvalue weighted by molar-refractivity contribution is 0.454. The van der Waals surface area contributed by atoms with E-state index in [2.05, 4.69) is 12.2 Å². The van der Waals surface area contributed by atoms with Crippen molar-refractivity contribution in [3.05, 3.63) is 48.0 Å². The summed E-state index contributed by atoms with van der Waals surface area (Å²) in [6, 6.07) is 10.3. The van der Waals surface area contributed by atoms with Crippen LogP contribution in [0.1, 0.15) is 25.5 Å². The number of halogens is 1. The Morgan fingerprint density at radius 1 is 1.17 bits per heavy atom. The lowest BCUT2D eigenvalue weighted by Crippen LogP contribution is -2.26. The molecule has 0 radical (unpaired) electrons. The van der Waals surface area contributed by atoms with Crippen molar-refractivity contribution < 1.29 is 8.81 Å². The predicted octanol–water partition coefficient (Wildman–Crippen LogP) is 3.73. The van der Waals surface area contributed by atoms with Gasteiger partial charge in [-0.15, -0.1) is 0 Å². The summed E-state index contributed by atoms with van der Waals surface area (Å²) < 4.78 is 18.6. The molecule has 0 amide bonds. The maximum absolute atomic E-state index is 12.8. The summed E-state index contributed by atoms with van der Waals surface area (Å²) in [5.41, 5.74) is 1.21. The minimum atomic E-state index is -0.228. The third-order valence-corrected chi connectivity index (χ3v) is 3.48. The third-order valence-electron chi connectivity index (χ3n) is 3.48. The van der Waals surface area contributed by atoms with Gasteiger partial charge in [-0.1, -0.05) is 0 Å². The Kier molecular flexibility index (Phi) is 2.71. The Labute approximate surface area is 106 Å². The number of hydrogen-bond acceptors (Lipinski definition) is 2. The first-order valence-corrected chi connectivity index (χ1v) is 6.24. The van der Waals surface area contributed by atoms with Gasteiger partial charge < -0.3 is 9.73 Å². The molecule has 0 unspecified atom stereocenters. The number of nitrogens with one attached hydrogen (secondary N) is 1. The Morgan fingerprint density at radius 2 is 1.89 bits per heavy atom. The topological polar surface area (TPSA) is 25.2 Å². The molecule has 1 aliphatic carbocycles. The van der Waals surface area contributed by atoms with Crippen molar-refractivity contribution in [1.29, 1.82) is 0 Å². The first-order chi connectivity index (χ1) is 8.65. The van der Waals surface area contributed by atoms with Crippen LogP contribution in [0.3, 0.4) is 0 Å². The van der Waals surface area contributed by atoms with E-state index in [1.807, 2.05) is 12.1 Å². The largest absolute Gasteiger partial charge is 0.460 e. The van der Waals surface area contributed by atoms with E-state index in [9.17, 15) is 4.39 Å². The van der Waals surface area contributed by atoms with Crippen LogP contribution in [0.4, 0.5) is 4.39 Å². The molecule has 0 atom stereocenters. The summed E-state index contributed by atoms with van der Waals surface area (Å²) in [7, 11) is 0. The van der Waals surface area contributed by atoms with Crippen LogP contribution < -0.4 is 5.32 Å². The molecular weight excluding hydrogens is 229 g/mol. The molecule has 3 rings (SSSR count). The van der Waals surface area contributed by atoms with E-state index in [0.29, 0.717) is 5.54 Å². The van der Waals surface area contributed by atoms with Gasteiger partial charge in [-0.25, -0.2) is 4.39 Å². The van der Waals surface area contributed by atoms with E-state index < -0.39 is 0 Å². The normalized spacial score (nSPS) is 16.8. The summed E-state index contributed by atoms with van der Waals surface area (Å²) in [6.07, 6.45) is 2.47. The Morgan fingerprint density at radius 3 is 2.56 bits per heavy atom. The van der Waals surface area contributed by atoms with Gasteiger partial charge in [0.2, 0.25) is 0 Å². The molecule has 1 saturated carbocycles. The van der Waals surface area contributed by atoms with Gasteiger partial charge in [0, 0.05) is 11.1 Å². The average molecular weight is 245 g/mol. The zero-order chi connectivity index (χ0) is 12.6. The second kappa shape index (κ2) is 4.25. The number of hydrogen-bond donors (Lipinski definition) is 1. The third kappa shape index (κ3) is 2.46. The van der Waals surface area contributed by atoms with Crippen LogP contribution in [0.2, 0.25) is 0 Å². The average Bonchev–Trinajstić information content (AvgIpc) is 2.92. The van der Waals surface area contributed by atoms with Crippen LogP contribution in [0.15, 0.2) is 40.8 Å². The first kappa shape index (κ1) is 11.5. The number of rotatable bonds is 4. The van der Waals surface area contributed by atoms with Gasteiger partial charge in [-0.2, -0.15) is 0 Å². The van der Waals surface area contributed by atoms with Crippen molar-refractivity contribution in [1.82, 2.24) is 5.32 Å². The molecule has 0 aliphatic heterocycles. The van der Waals surface area contributed by atoms with Gasteiger partial charge in [0.15, 0.2) is 0 Å². The maximum Gasteiger partial charge on any atom is 0.134 e. The van der Waals surface area contributed by atoms with Crippen molar-refractivity contribution in [2.45, 2.75) is 31.8 Å². The minimum absolute atomic E-state index is 0.228. The summed E-state index contributed by atoms with van der Waals surface area (Å²) in [5.74, 6) is 1.48. The smallest absolute Gasteiger partial charge is 0.134 e. The van der Waals surface area contributed by atoms with Crippen molar-refractivity contribution in [2.75, 3.05) is 0 Å². The van der Waals surface area contributed by atoms with Crippen molar-refractivity contribution in [3.63, 3.8) is 0 Å². The fourth-order valence-corrected chi connectivity index (χ4v) is 1.91. The quantitative estimate of drug-likeness (QED) is 0.888. The lowest BCUT2D eigenvalue weighted by atomic mass is 10.2. The van der Waals surface area contributed by atoms with E-state index in [4.69, 9.17) is 4.42 Å². The van der Waals surface area contributed by atoms with E-state index in [1.165, 1.54) is 25.0 Å². The van der Waals surface area contributed by atoms with E-state index in [0.717, 1.165) is 23.6 Å². The minimum Gasteiger partial charge on any atom is -0.460 e.